The molecule has 2 saturated carbocycles. The van der Waals surface area contributed by atoms with Crippen LogP contribution in [0.1, 0.15) is 43.4 Å². The van der Waals surface area contributed by atoms with E-state index in [1.807, 2.05) is 0 Å². The van der Waals surface area contributed by atoms with Crippen molar-refractivity contribution in [3.05, 3.63) is 33.4 Å². The summed E-state index contributed by atoms with van der Waals surface area (Å²) in [6.45, 7) is 0. The number of halogens is 7. The van der Waals surface area contributed by atoms with Crippen LogP contribution in [0.3, 0.4) is 0 Å². The Morgan fingerprint density at radius 1 is 1.20 bits per heavy atom. The molecule has 2 aliphatic carbocycles. The highest BCUT2D eigenvalue weighted by molar-refractivity contribution is 8.45. The van der Waals surface area contributed by atoms with Gasteiger partial charge in [0.25, 0.3) is 0 Å². The van der Waals surface area contributed by atoms with Crippen LogP contribution in [0.15, 0.2) is 17.0 Å². The van der Waals surface area contributed by atoms with Gasteiger partial charge in [0.1, 0.15) is 22.5 Å². The molecule has 0 aliphatic heterocycles. The summed E-state index contributed by atoms with van der Waals surface area (Å²) in [6.07, 6.45) is 2.48. The van der Waals surface area contributed by atoms with Gasteiger partial charge in [-0.3, -0.25) is 9.59 Å². The summed E-state index contributed by atoms with van der Waals surface area (Å²) in [5, 5.41) is 14.6. The molecule has 1 aromatic heterocycles. The van der Waals surface area contributed by atoms with Crippen LogP contribution in [-0.4, -0.2) is 28.8 Å². The van der Waals surface area contributed by atoms with Gasteiger partial charge in [0, 0.05) is 5.92 Å². The fraction of sp³-hybridized carbons (Fsp3) is 0.400. The minimum atomic E-state index is -10.1. The number of carbonyl (C=O) groups is 2. The van der Waals surface area contributed by atoms with E-state index in [-0.39, 0.29) is 48.0 Å². The quantitative estimate of drug-likeness (QED) is 0.316. The molecule has 2 fully saturated rings. The summed E-state index contributed by atoms with van der Waals surface area (Å²) >= 11 is 12.0. The molecule has 7 nitrogen and oxygen atoms in total. The first-order valence-electron chi connectivity index (χ1n) is 10.2. The number of rotatable bonds is 6. The average molecular weight is 559 g/mol. The Labute approximate surface area is 205 Å². The van der Waals surface area contributed by atoms with Crippen LogP contribution in [0.5, 0.6) is 0 Å². The third kappa shape index (κ3) is 4.43. The molecule has 1 amide bonds. The van der Waals surface area contributed by atoms with E-state index < -0.39 is 48.1 Å². The SMILES string of the molecule is COC(=O)C1(c2c(C#N)nn(-c3c(Cl)cc(S(F)(F)(F)(F)F)cc3Cl)c2NC(=O)C2CCC2)CC1. The standard InChI is InChI=1S/C20H17Cl2F5N4O3S/c1-34-19(33)20(5-6-20)15-14(9-28)30-31(17(15)29-18(32)10-3-2-4-10)16-12(21)7-11(8-13(16)22)35(23,24,25,26)27/h7-8,10H,2-6H2,1H3,(H,29,32). The highest BCUT2D eigenvalue weighted by atomic mass is 35.5. The van der Waals surface area contributed by atoms with Gasteiger partial charge < -0.3 is 10.1 Å². The number of amides is 1. The fourth-order valence-corrected chi connectivity index (χ4v) is 5.42. The number of anilines is 1. The maximum atomic E-state index is 13.4. The van der Waals surface area contributed by atoms with Gasteiger partial charge in [-0.25, -0.2) is 4.68 Å². The zero-order valence-electron chi connectivity index (χ0n) is 17.9. The fourth-order valence-electron chi connectivity index (χ4n) is 3.96. The van der Waals surface area contributed by atoms with Crippen LogP contribution in [0.4, 0.5) is 25.2 Å². The summed E-state index contributed by atoms with van der Waals surface area (Å²) < 4.78 is 72.4. The Bertz CT molecular complexity index is 1290. The van der Waals surface area contributed by atoms with Crippen molar-refractivity contribution in [1.82, 2.24) is 9.78 Å². The van der Waals surface area contributed by atoms with Crippen LogP contribution in [0.25, 0.3) is 5.69 Å². The number of hydrogen-bond acceptors (Lipinski definition) is 5. The van der Waals surface area contributed by atoms with Crippen LogP contribution >= 0.6 is 33.4 Å². The highest BCUT2D eigenvalue weighted by Gasteiger charge is 2.66. The smallest absolute Gasteiger partial charge is 0.316 e. The summed E-state index contributed by atoms with van der Waals surface area (Å²) in [5.74, 6) is -1.77. The Morgan fingerprint density at radius 2 is 1.77 bits per heavy atom. The number of benzene rings is 1. The second-order valence-corrected chi connectivity index (χ2v) is 11.7. The number of ether oxygens (including phenoxy) is 1. The molecular weight excluding hydrogens is 542 g/mol. The van der Waals surface area contributed by atoms with Gasteiger partial charge in [-0.1, -0.05) is 49.1 Å². The van der Waals surface area contributed by atoms with Crippen molar-refractivity contribution in [2.75, 3.05) is 12.4 Å². The van der Waals surface area contributed by atoms with Crippen molar-refractivity contribution < 1.29 is 33.8 Å². The average Bonchev–Trinajstić information content (AvgIpc) is 3.41. The molecule has 1 N–H and O–H groups in total. The number of esters is 1. The summed E-state index contributed by atoms with van der Waals surface area (Å²) in [7, 11) is -8.99. The van der Waals surface area contributed by atoms with Crippen LogP contribution in [0.2, 0.25) is 10.0 Å². The third-order valence-electron chi connectivity index (χ3n) is 6.16. The molecule has 0 radical (unpaired) electrons. The molecule has 2 aromatic rings. The second kappa shape index (κ2) is 7.47. The predicted octanol–water partition coefficient (Wildman–Crippen LogP) is 6.65. The Morgan fingerprint density at radius 3 is 2.17 bits per heavy atom. The van der Waals surface area contributed by atoms with E-state index in [9.17, 15) is 34.3 Å². The van der Waals surface area contributed by atoms with E-state index >= 15 is 0 Å². The molecule has 0 bridgehead atoms. The molecule has 1 heterocycles. The molecule has 0 spiro atoms. The van der Waals surface area contributed by atoms with Gasteiger partial charge in [0.05, 0.1) is 28.1 Å². The lowest BCUT2D eigenvalue weighted by molar-refractivity contribution is -0.143. The Balaban J connectivity index is 1.96. The number of aromatic nitrogens is 2. The van der Waals surface area contributed by atoms with Gasteiger partial charge >= 0.3 is 16.2 Å². The maximum absolute atomic E-state index is 13.4. The number of carbonyl (C=O) groups excluding carboxylic acids is 2. The van der Waals surface area contributed by atoms with Gasteiger partial charge in [-0.15, -0.1) is 0 Å². The molecule has 190 valence electrons. The molecule has 0 saturated heterocycles. The van der Waals surface area contributed by atoms with Gasteiger partial charge in [-0.05, 0) is 37.8 Å². The van der Waals surface area contributed by atoms with Gasteiger partial charge in [0.15, 0.2) is 5.69 Å². The maximum Gasteiger partial charge on any atom is 0.316 e. The lowest BCUT2D eigenvalue weighted by Crippen LogP contribution is -2.31. The topological polar surface area (TPSA) is 97.0 Å². The van der Waals surface area contributed by atoms with Crippen molar-refractivity contribution in [3.8, 4) is 11.8 Å². The molecule has 0 unspecified atom stereocenters. The second-order valence-electron chi connectivity index (χ2n) is 8.49. The molecule has 1 aromatic carbocycles. The van der Waals surface area contributed by atoms with E-state index in [0.717, 1.165) is 18.2 Å². The number of hydrogen-bond donors (Lipinski definition) is 1. The van der Waals surface area contributed by atoms with E-state index in [1.54, 1.807) is 6.07 Å². The van der Waals surface area contributed by atoms with Crippen molar-refractivity contribution >= 4 is 51.1 Å². The molecular formula is C20H17Cl2F5N4O3S. The number of nitrogens with zero attached hydrogens (tertiary/aromatic N) is 3. The summed E-state index contributed by atoms with van der Waals surface area (Å²) in [5.41, 5.74) is -2.15. The van der Waals surface area contributed by atoms with Crippen molar-refractivity contribution in [1.29, 1.82) is 5.26 Å². The molecule has 4 rings (SSSR count). The first-order valence-corrected chi connectivity index (χ1v) is 12.9. The van der Waals surface area contributed by atoms with E-state index in [1.165, 1.54) is 0 Å². The zero-order valence-corrected chi connectivity index (χ0v) is 20.2. The number of nitriles is 1. The van der Waals surface area contributed by atoms with Gasteiger partial charge in [0.2, 0.25) is 5.91 Å². The van der Waals surface area contributed by atoms with E-state index in [0.29, 0.717) is 12.8 Å². The Kier molecular flexibility index (Phi) is 5.45. The number of methoxy groups -OCH3 is 1. The van der Waals surface area contributed by atoms with Crippen molar-refractivity contribution in [3.63, 3.8) is 0 Å². The lowest BCUT2D eigenvalue weighted by Gasteiger charge is -2.40. The van der Waals surface area contributed by atoms with Crippen LogP contribution in [0, 0.1) is 17.2 Å². The van der Waals surface area contributed by atoms with E-state index in [2.05, 4.69) is 10.4 Å². The third-order valence-corrected chi connectivity index (χ3v) is 7.86. The van der Waals surface area contributed by atoms with Gasteiger partial charge in [-0.2, -0.15) is 10.4 Å². The number of nitrogens with one attached hydrogen (secondary N) is 1. The highest BCUT2D eigenvalue weighted by Crippen LogP contribution is 3.02. The summed E-state index contributed by atoms with van der Waals surface area (Å²) in [6, 6.07) is 1.80. The monoisotopic (exact) mass is 558 g/mol. The minimum absolute atomic E-state index is 0.00244. The normalized spacial score (nSPS) is 19.1. The van der Waals surface area contributed by atoms with Crippen LogP contribution < -0.4 is 5.32 Å². The zero-order chi connectivity index (χ0) is 26.0. The molecule has 2 aliphatic rings. The minimum Gasteiger partial charge on any atom is -0.468 e. The first-order chi connectivity index (χ1) is 16.0. The van der Waals surface area contributed by atoms with Crippen LogP contribution in [-0.2, 0) is 19.7 Å². The molecule has 35 heavy (non-hydrogen) atoms. The summed E-state index contributed by atoms with van der Waals surface area (Å²) in [4.78, 5) is 23.1. The first kappa shape index (κ1) is 25.5. The molecule has 0 atom stereocenters. The Hall–Kier alpha value is -2.56. The van der Waals surface area contributed by atoms with Crippen molar-refractivity contribution in [2.24, 2.45) is 5.92 Å². The lowest BCUT2D eigenvalue weighted by atomic mass is 9.84. The van der Waals surface area contributed by atoms with Crippen molar-refractivity contribution in [2.45, 2.75) is 42.4 Å². The largest absolute Gasteiger partial charge is 0.468 e. The predicted molar refractivity (Wildman–Crippen MR) is 119 cm³/mol. The molecule has 15 heteroatoms. The van der Waals surface area contributed by atoms with E-state index in [4.69, 9.17) is 27.9 Å².